The summed E-state index contributed by atoms with van der Waals surface area (Å²) in [5, 5.41) is 15.6. The van der Waals surface area contributed by atoms with Crippen LogP contribution in [0, 0.1) is 10.1 Å². The highest BCUT2D eigenvalue weighted by molar-refractivity contribution is 7.92. The van der Waals surface area contributed by atoms with Crippen LogP contribution in [-0.4, -0.2) is 24.0 Å². The highest BCUT2D eigenvalue weighted by Gasteiger charge is 2.21. The number of pyridine rings is 1. The van der Waals surface area contributed by atoms with E-state index in [0.717, 1.165) is 6.07 Å². The topological polar surface area (TPSA) is 127 Å². The molecule has 3 rings (SSSR count). The number of nitrogens with one attached hydrogen (secondary N) is 2. The molecule has 0 saturated carbocycles. The Morgan fingerprint density at radius 2 is 1.79 bits per heavy atom. The maximum Gasteiger partial charge on any atom is 0.295 e. The van der Waals surface area contributed by atoms with Crippen molar-refractivity contribution in [1.29, 1.82) is 0 Å². The van der Waals surface area contributed by atoms with E-state index in [-0.39, 0.29) is 10.6 Å². The summed E-state index contributed by atoms with van der Waals surface area (Å²) >= 11 is 0. The molecule has 2 N–H and O–H groups in total. The number of rotatable bonds is 7. The van der Waals surface area contributed by atoms with E-state index in [1.54, 1.807) is 61.7 Å². The summed E-state index contributed by atoms with van der Waals surface area (Å²) in [6.07, 6.45) is 1.61. The lowest BCUT2D eigenvalue weighted by Crippen LogP contribution is -2.13. The molecular weight excluding hydrogens is 394 g/mol. The molecule has 0 atom stereocenters. The molecule has 0 saturated heterocycles. The summed E-state index contributed by atoms with van der Waals surface area (Å²) < 4.78 is 27.5. The minimum Gasteiger partial charge on any atom is -0.280 e. The number of nitro groups is 1. The van der Waals surface area contributed by atoms with E-state index >= 15 is 0 Å². The lowest BCUT2D eigenvalue weighted by atomic mass is 10.2. The van der Waals surface area contributed by atoms with Crippen molar-refractivity contribution < 1.29 is 13.3 Å². The van der Waals surface area contributed by atoms with E-state index in [0.29, 0.717) is 17.1 Å². The van der Waals surface area contributed by atoms with Crippen LogP contribution in [0.25, 0.3) is 0 Å². The molecule has 29 heavy (non-hydrogen) atoms. The van der Waals surface area contributed by atoms with Gasteiger partial charge in [-0.3, -0.25) is 25.2 Å². The molecule has 9 nitrogen and oxygen atoms in total. The first kappa shape index (κ1) is 20.0. The zero-order chi connectivity index (χ0) is 20.9. The second-order valence-corrected chi connectivity index (χ2v) is 7.61. The third-order valence-electron chi connectivity index (χ3n) is 3.88. The predicted octanol–water partition coefficient (Wildman–Crippen LogP) is 3.63. The molecule has 0 aliphatic heterocycles. The first-order valence-electron chi connectivity index (χ1n) is 8.45. The van der Waals surface area contributed by atoms with E-state index in [1.807, 2.05) is 0 Å². The van der Waals surface area contributed by atoms with Gasteiger partial charge in [0.05, 0.1) is 21.2 Å². The number of nitrogens with zero attached hydrogens (tertiary/aromatic N) is 3. The van der Waals surface area contributed by atoms with Crippen LogP contribution >= 0.6 is 0 Å². The minimum absolute atomic E-state index is 0.0592. The molecule has 2 aromatic carbocycles. The molecule has 0 spiro atoms. The lowest BCUT2D eigenvalue weighted by molar-refractivity contribution is -0.384. The molecule has 148 valence electrons. The van der Waals surface area contributed by atoms with Gasteiger partial charge in [0.1, 0.15) is 5.69 Å². The molecular formula is C19H17N5O4S. The molecule has 10 heteroatoms. The minimum atomic E-state index is -3.99. The Morgan fingerprint density at radius 1 is 1.07 bits per heavy atom. The Balaban J connectivity index is 1.88. The van der Waals surface area contributed by atoms with Crippen molar-refractivity contribution in [3.8, 4) is 0 Å². The van der Waals surface area contributed by atoms with Crippen LogP contribution in [0.5, 0.6) is 0 Å². The van der Waals surface area contributed by atoms with Gasteiger partial charge < -0.3 is 0 Å². The molecule has 0 aliphatic carbocycles. The number of para-hydroxylation sites is 1. The molecule has 0 unspecified atom stereocenters. The van der Waals surface area contributed by atoms with Crippen molar-refractivity contribution in [1.82, 2.24) is 4.98 Å². The van der Waals surface area contributed by atoms with Gasteiger partial charge in [0.15, 0.2) is 0 Å². The van der Waals surface area contributed by atoms with E-state index in [9.17, 15) is 18.5 Å². The number of hydrogen-bond donors (Lipinski definition) is 2. The number of sulfonamides is 1. The quantitative estimate of drug-likeness (QED) is 0.347. The Kier molecular flexibility index (Phi) is 5.84. The highest BCUT2D eigenvalue weighted by Crippen LogP contribution is 2.28. The lowest BCUT2D eigenvalue weighted by Gasteiger charge is -2.09. The van der Waals surface area contributed by atoms with Crippen LogP contribution in [0.2, 0.25) is 0 Å². The first-order valence-corrected chi connectivity index (χ1v) is 9.93. The van der Waals surface area contributed by atoms with Gasteiger partial charge in [-0.25, -0.2) is 8.42 Å². The maximum atomic E-state index is 12.5. The Morgan fingerprint density at radius 3 is 2.45 bits per heavy atom. The van der Waals surface area contributed by atoms with E-state index in [2.05, 4.69) is 20.2 Å². The van der Waals surface area contributed by atoms with Gasteiger partial charge in [0.25, 0.3) is 15.7 Å². The van der Waals surface area contributed by atoms with E-state index < -0.39 is 20.6 Å². The van der Waals surface area contributed by atoms with Crippen molar-refractivity contribution >= 4 is 32.8 Å². The summed E-state index contributed by atoms with van der Waals surface area (Å²) in [7, 11) is -3.99. The van der Waals surface area contributed by atoms with Gasteiger partial charge in [-0.1, -0.05) is 24.3 Å². The zero-order valence-electron chi connectivity index (χ0n) is 15.3. The molecule has 1 aromatic heterocycles. The SMILES string of the molecule is C/C(=N\Nc1ccc(S(=O)(=O)Nc2ccccc2)cc1[N+](=O)[O-])c1ccccn1. The third-order valence-corrected chi connectivity index (χ3v) is 5.26. The van der Waals surface area contributed by atoms with Crippen molar-refractivity contribution in [3.63, 3.8) is 0 Å². The van der Waals surface area contributed by atoms with Crippen LogP contribution in [-0.2, 0) is 10.0 Å². The summed E-state index contributed by atoms with van der Waals surface area (Å²) in [4.78, 5) is 14.7. The zero-order valence-corrected chi connectivity index (χ0v) is 16.1. The fourth-order valence-corrected chi connectivity index (χ4v) is 3.50. The number of benzene rings is 2. The summed E-state index contributed by atoms with van der Waals surface area (Å²) in [5.74, 6) is 0. The van der Waals surface area contributed by atoms with Gasteiger partial charge >= 0.3 is 0 Å². The van der Waals surface area contributed by atoms with Crippen molar-refractivity contribution in [2.75, 3.05) is 10.1 Å². The van der Waals surface area contributed by atoms with Crippen LogP contribution < -0.4 is 10.1 Å². The van der Waals surface area contributed by atoms with Crippen LogP contribution in [0.15, 0.2) is 82.9 Å². The maximum absolute atomic E-state index is 12.5. The number of hydrogen-bond acceptors (Lipinski definition) is 7. The second-order valence-electron chi connectivity index (χ2n) is 5.93. The van der Waals surface area contributed by atoms with Crippen molar-refractivity contribution in [3.05, 3.63) is 88.7 Å². The number of nitro benzene ring substituents is 1. The number of hydrazone groups is 1. The fraction of sp³-hybridized carbons (Fsp3) is 0.0526. The standard InChI is InChI=1S/C19H17N5O4S/c1-14(17-9-5-6-12-20-17)21-22-18-11-10-16(13-19(18)24(25)26)29(27,28)23-15-7-3-2-4-8-15/h2-13,22-23H,1H3/b21-14+. The van der Waals surface area contributed by atoms with Gasteiger partial charge in [-0.15, -0.1) is 0 Å². The average Bonchev–Trinajstić information content (AvgIpc) is 2.72. The molecule has 0 amide bonds. The number of anilines is 2. The van der Waals surface area contributed by atoms with E-state index in [1.165, 1.54) is 12.1 Å². The van der Waals surface area contributed by atoms with Crippen molar-refractivity contribution in [2.24, 2.45) is 5.10 Å². The largest absolute Gasteiger partial charge is 0.295 e. The Bertz CT molecular complexity index is 1150. The monoisotopic (exact) mass is 411 g/mol. The van der Waals surface area contributed by atoms with E-state index in [4.69, 9.17) is 0 Å². The summed E-state index contributed by atoms with van der Waals surface area (Å²) in [5.41, 5.74) is 3.73. The molecule has 1 heterocycles. The molecule has 3 aromatic rings. The average molecular weight is 411 g/mol. The summed E-state index contributed by atoms with van der Waals surface area (Å²) in [6, 6.07) is 17.1. The van der Waals surface area contributed by atoms with Crippen LogP contribution in [0.1, 0.15) is 12.6 Å². The highest BCUT2D eigenvalue weighted by atomic mass is 32.2. The normalized spacial score (nSPS) is 11.7. The molecule has 0 fully saturated rings. The predicted molar refractivity (Wildman–Crippen MR) is 110 cm³/mol. The third kappa shape index (κ3) is 4.93. The smallest absolute Gasteiger partial charge is 0.280 e. The van der Waals surface area contributed by atoms with Gasteiger partial charge in [-0.05, 0) is 43.3 Å². The van der Waals surface area contributed by atoms with Gasteiger partial charge in [-0.2, -0.15) is 5.10 Å². The fourth-order valence-electron chi connectivity index (χ4n) is 2.42. The second kappa shape index (κ2) is 8.48. The summed E-state index contributed by atoms with van der Waals surface area (Å²) in [6.45, 7) is 1.70. The molecule has 0 radical (unpaired) electrons. The Hall–Kier alpha value is -3.79. The van der Waals surface area contributed by atoms with Crippen molar-refractivity contribution in [2.45, 2.75) is 11.8 Å². The molecule has 0 bridgehead atoms. The Labute approximate surface area is 167 Å². The number of aromatic nitrogens is 1. The van der Waals surface area contributed by atoms with Crippen LogP contribution in [0.4, 0.5) is 17.1 Å². The first-order chi connectivity index (χ1) is 13.9. The van der Waals surface area contributed by atoms with Gasteiger partial charge in [0, 0.05) is 18.0 Å². The van der Waals surface area contributed by atoms with Gasteiger partial charge in [0.2, 0.25) is 0 Å². The van der Waals surface area contributed by atoms with Crippen LogP contribution in [0.3, 0.4) is 0 Å². The molecule has 0 aliphatic rings.